The van der Waals surface area contributed by atoms with Crippen LogP contribution in [0, 0.1) is 42.9 Å². The predicted octanol–water partition coefficient (Wildman–Crippen LogP) is 15.5. The van der Waals surface area contributed by atoms with Gasteiger partial charge in [0, 0.05) is 146 Å². The first-order valence-corrected chi connectivity index (χ1v) is 50.2. The van der Waals surface area contributed by atoms with E-state index in [1.807, 2.05) is 88.4 Å². The van der Waals surface area contributed by atoms with E-state index in [2.05, 4.69) is 66.8 Å². The number of fused-ring (bicyclic) bond motifs is 2. The van der Waals surface area contributed by atoms with Gasteiger partial charge in [-0.05, 0) is 146 Å². The van der Waals surface area contributed by atoms with Crippen LogP contribution in [0.4, 0.5) is 45.5 Å². The largest absolute Gasteiger partial charge is 0.475 e. The van der Waals surface area contributed by atoms with Crippen molar-refractivity contribution in [1.82, 2.24) is 30.8 Å². The second-order valence-corrected chi connectivity index (χ2v) is 35.2. The zero-order chi connectivity index (χ0) is 104. The second kappa shape index (κ2) is 65.8. The molecule has 7 aromatic rings. The average molecular weight is 2040 g/mol. The molecule has 6 aromatic carbocycles. The van der Waals surface area contributed by atoms with Gasteiger partial charge in [-0.15, -0.1) is 10.2 Å². The van der Waals surface area contributed by atoms with Gasteiger partial charge in [0.2, 0.25) is 23.6 Å². The monoisotopic (exact) mass is 2040 g/mol. The molecule has 6 atom stereocenters. The maximum absolute atomic E-state index is 13.8. The van der Waals surface area contributed by atoms with Gasteiger partial charge in [0.15, 0.2) is 0 Å². The molecule has 5 N–H and O–H groups in total. The van der Waals surface area contributed by atoms with Crippen molar-refractivity contribution in [2.75, 3.05) is 156 Å². The number of aromatic amines is 1. The van der Waals surface area contributed by atoms with Crippen molar-refractivity contribution in [2.24, 2.45) is 30.8 Å². The quantitative estimate of drug-likeness (QED) is 0.00449. The van der Waals surface area contributed by atoms with Crippen LogP contribution < -0.4 is 42.3 Å². The number of ether oxygens (including phenoxy) is 6. The molecule has 0 spiro atoms. The number of hydrogen-bond donors (Lipinski definition) is 5. The Bertz CT molecular complexity index is 5760. The minimum atomic E-state index is -4.37. The van der Waals surface area contributed by atoms with Crippen LogP contribution in [0.3, 0.4) is 0 Å². The van der Waals surface area contributed by atoms with Gasteiger partial charge in [-0.25, -0.2) is 13.9 Å². The predicted molar refractivity (Wildman–Crippen MR) is 534 cm³/mol. The van der Waals surface area contributed by atoms with E-state index in [1.54, 1.807) is 80.6 Å². The van der Waals surface area contributed by atoms with Gasteiger partial charge in [-0.2, -0.15) is 20.8 Å². The number of nitro benzene ring substituents is 2. The van der Waals surface area contributed by atoms with Crippen molar-refractivity contribution in [3.63, 3.8) is 0 Å². The fourth-order valence-electron chi connectivity index (χ4n) is 13.9. The molecule has 144 heavy (non-hydrogen) atoms. The molecule has 1 aromatic heterocycles. The smallest absolute Gasteiger partial charge is 0.466 e. The molecule has 48 heteroatoms. The van der Waals surface area contributed by atoms with E-state index in [0.29, 0.717) is 135 Å². The minimum absolute atomic E-state index is 0.00112. The number of non-ortho nitro benzene ring substituents is 2. The Morgan fingerprint density at radius 1 is 0.556 bits per heavy atom. The van der Waals surface area contributed by atoms with Crippen LogP contribution in [0.25, 0.3) is 27.6 Å². The molecule has 1 saturated heterocycles. The SMILES string of the molecule is CCNC(=O)CCC(=O)OCCCOP(=O)(OCCC#N)OC(COC)COCCCNC(=O)CCC/C(C)=N/OCCN(CC)c1ccc(N=Nc2ccc([N+](=O)[O-])c3ccccc23)cc1.CCNC(=O)CCC(=O)OCCCOP(=O)(OCCC#N)OC1CC(n2cc(/C=C/CNC(=O)CCC/C(C)=N/OCCN(CC)c3ccc(N=Nc4ccc([N+](=O)[O-])c5ccccc45)cc3)c(=O)[nH]c2=O)OC1COC. The lowest BCUT2D eigenvalue weighted by Crippen LogP contribution is -2.33. The van der Waals surface area contributed by atoms with E-state index >= 15 is 0 Å². The van der Waals surface area contributed by atoms with E-state index in [0.717, 1.165) is 33.9 Å². The number of carbonyl (C=O) groups excluding carboxylic acids is 6. The lowest BCUT2D eigenvalue weighted by molar-refractivity contribution is -0.383. The van der Waals surface area contributed by atoms with Crippen molar-refractivity contribution in [3.05, 3.63) is 180 Å². The van der Waals surface area contributed by atoms with E-state index in [9.17, 15) is 67.7 Å². The number of phosphoric ester groups is 2. The number of aromatic nitrogens is 2. The molecule has 2 heterocycles. The Morgan fingerprint density at radius 2 is 1.03 bits per heavy atom. The zero-order valence-electron chi connectivity index (χ0n) is 82.2. The number of nitrogens with zero attached hydrogens (tertiary/aromatic N) is 13. The summed E-state index contributed by atoms with van der Waals surface area (Å²) in [6.07, 6.45) is 3.56. The molecule has 1 aliphatic rings. The molecule has 4 amide bonds. The van der Waals surface area contributed by atoms with Crippen LogP contribution in [-0.4, -0.2) is 231 Å². The molecule has 1 aliphatic heterocycles. The van der Waals surface area contributed by atoms with Gasteiger partial charge in [0.25, 0.3) is 16.9 Å². The topological polar surface area (TPSA) is 583 Å². The van der Waals surface area contributed by atoms with Crippen molar-refractivity contribution in [2.45, 2.75) is 169 Å². The lowest BCUT2D eigenvalue weighted by atomic mass is 10.1. The summed E-state index contributed by atoms with van der Waals surface area (Å²) in [6.45, 7) is 15.1. The van der Waals surface area contributed by atoms with E-state index in [1.165, 1.54) is 38.6 Å². The van der Waals surface area contributed by atoms with Crippen LogP contribution >= 0.6 is 15.6 Å². The number of benzene rings is 6. The maximum Gasteiger partial charge on any atom is 0.475 e. The summed E-state index contributed by atoms with van der Waals surface area (Å²) in [4.78, 5) is 138. The third-order valence-electron chi connectivity index (χ3n) is 21.0. The first kappa shape index (κ1) is 118. The van der Waals surface area contributed by atoms with Gasteiger partial charge in [-0.1, -0.05) is 58.9 Å². The van der Waals surface area contributed by atoms with E-state index in [-0.39, 0.29) is 177 Å². The fraction of sp³-hybridized carbons (Fsp3) is 0.500. The summed E-state index contributed by atoms with van der Waals surface area (Å²) in [5, 5.41) is 79.8. The summed E-state index contributed by atoms with van der Waals surface area (Å²) in [6, 6.07) is 39.0. The highest BCUT2D eigenvalue weighted by Crippen LogP contribution is 2.54. The van der Waals surface area contributed by atoms with Crippen molar-refractivity contribution in [3.8, 4) is 12.1 Å². The van der Waals surface area contributed by atoms with E-state index in [4.69, 9.17) is 75.8 Å². The Morgan fingerprint density at radius 3 is 1.51 bits per heavy atom. The Balaban J connectivity index is 0.000000395. The number of methoxy groups -OCH3 is 2. The molecule has 0 aliphatic carbocycles. The van der Waals surface area contributed by atoms with Gasteiger partial charge in [-0.3, -0.25) is 90.5 Å². The molecule has 8 rings (SSSR count). The maximum atomic E-state index is 13.8. The number of hydrogen-bond acceptors (Lipinski definition) is 38. The third kappa shape index (κ3) is 43.1. The van der Waals surface area contributed by atoms with Crippen LogP contribution in [-0.2, 0) is 103 Å². The normalized spacial score (nSPS) is 14.7. The van der Waals surface area contributed by atoms with Gasteiger partial charge in [0.1, 0.15) is 37.8 Å². The summed E-state index contributed by atoms with van der Waals surface area (Å²) in [5.41, 5.74) is 4.35. The number of likely N-dealkylation sites (N-methyl/N-ethyl adjacent to an activating group) is 2. The molecular formula is C96H128N18O28P2. The number of amides is 4. The van der Waals surface area contributed by atoms with Gasteiger partial charge < -0.3 is 69.2 Å². The first-order chi connectivity index (χ1) is 69.6. The van der Waals surface area contributed by atoms with Crippen LogP contribution in [0.1, 0.15) is 156 Å². The molecule has 780 valence electrons. The molecule has 0 saturated carbocycles. The molecule has 6 unspecified atom stereocenters. The third-order valence-corrected chi connectivity index (χ3v) is 24.1. The van der Waals surface area contributed by atoms with Gasteiger partial charge >= 0.3 is 33.3 Å². The summed E-state index contributed by atoms with van der Waals surface area (Å²) >= 11 is 0. The van der Waals surface area contributed by atoms with Crippen LogP contribution in [0.15, 0.2) is 174 Å². The highest BCUT2D eigenvalue weighted by Gasteiger charge is 2.44. The van der Waals surface area contributed by atoms with Crippen molar-refractivity contribution >= 4 is 136 Å². The second-order valence-electron chi connectivity index (χ2n) is 31.9. The highest BCUT2D eigenvalue weighted by molar-refractivity contribution is 7.48. The summed E-state index contributed by atoms with van der Waals surface area (Å²) in [7, 11) is -5.70. The standard InChI is InChI=1S/C51H65N10O15P.C45H63N8O13P/c1-5-53-47(63)24-25-49(64)71-29-12-31-74-77(69,73-30-11-26-52)76-44-33-48(75-45(44)35-70-4)60-34-37(50(65)55-51(60)66)14-10-27-54-46(62)17-9-13-36(3)58-72-32-28-59(6-2)39-20-18-38(19-21-39)56-57-42-22-23-43(61(67)68)41-16-8-7-15-40(41)42;1-5-47-44(55)23-24-45(56)62-29-12-31-65-67(59,64-30-10-25-46)66-38(33-60-4)34-61-28-11-26-48-43(54)16-9-13-35(3)51-63-32-27-52(6-2)37-19-17-36(18-20-37)49-50-41-21-22-42(53(57)58)40-15-8-7-14-39(40)41/h7-8,10,14-16,18-23,34,44-45,48H,5-6,9,11-13,17,24-25,27-33,35H2,1-4H3,(H,53,63)(H,54,62)(H,55,65,66);7-8,14-15,17-22,38H,5-6,9-13,16,23-24,26-34H2,1-4H3,(H,47,55)(H,48,54)/b14-10+,57-56?,58-36+;50-49?,51-35+. The van der Waals surface area contributed by atoms with Crippen LogP contribution in [0.2, 0.25) is 0 Å². The number of oxime groups is 2. The lowest BCUT2D eigenvalue weighted by Gasteiger charge is -2.23. The number of nitrogens with one attached hydrogen (secondary N) is 5. The Labute approximate surface area is 833 Å². The minimum Gasteiger partial charge on any atom is -0.466 e. The van der Waals surface area contributed by atoms with Gasteiger partial charge in [0.05, 0.1) is 171 Å². The first-order valence-electron chi connectivity index (χ1n) is 47.2. The molecule has 0 bridgehead atoms. The van der Waals surface area contributed by atoms with Crippen LogP contribution in [0.5, 0.6) is 0 Å². The number of anilines is 2. The zero-order valence-corrected chi connectivity index (χ0v) is 84.0. The number of azo groups is 2. The molecule has 46 nitrogen and oxygen atoms in total. The number of phosphoric acid groups is 2. The number of rotatable bonds is 68. The Hall–Kier alpha value is -13.3. The number of esters is 2. The molecule has 1 fully saturated rings. The fourth-order valence-corrected chi connectivity index (χ4v) is 16.7. The Kier molecular flexibility index (Phi) is 53.7. The molecular weight excluding hydrogens is 1920 g/mol. The summed E-state index contributed by atoms with van der Waals surface area (Å²) in [5.74, 6) is -2.01. The number of H-pyrrole nitrogens is 1. The van der Waals surface area contributed by atoms with Crippen molar-refractivity contribution < 1.29 is 113 Å². The van der Waals surface area contributed by atoms with Crippen molar-refractivity contribution in [1.29, 1.82) is 10.5 Å². The van der Waals surface area contributed by atoms with E-state index < -0.39 is 73.2 Å². The number of nitro groups is 2. The number of nitriles is 2. The molecule has 0 radical (unpaired) electrons. The summed E-state index contributed by atoms with van der Waals surface area (Å²) < 4.78 is 94.0. The highest BCUT2D eigenvalue weighted by atomic mass is 31.2. The average Bonchev–Trinajstić information content (AvgIpc) is 1.47. The number of carbonyl (C=O) groups is 6.